The van der Waals surface area contributed by atoms with E-state index in [-0.39, 0.29) is 11.4 Å². The second-order valence-corrected chi connectivity index (χ2v) is 5.15. The Morgan fingerprint density at radius 2 is 2.00 bits per heavy atom. The topological polar surface area (TPSA) is 44.9 Å². The summed E-state index contributed by atoms with van der Waals surface area (Å²) in [7, 11) is 0. The van der Waals surface area contributed by atoms with Crippen molar-refractivity contribution in [2.24, 2.45) is 0 Å². The quantitative estimate of drug-likeness (QED) is 0.770. The first-order valence-corrected chi connectivity index (χ1v) is 6.80. The summed E-state index contributed by atoms with van der Waals surface area (Å²) in [5, 5.41) is 4.49. The van der Waals surface area contributed by atoms with Gasteiger partial charge in [-0.3, -0.25) is 4.79 Å². The van der Waals surface area contributed by atoms with Crippen LogP contribution in [0.3, 0.4) is 0 Å². The van der Waals surface area contributed by atoms with Gasteiger partial charge in [0.15, 0.2) is 0 Å². The minimum Gasteiger partial charge on any atom is -0.381 e. The van der Waals surface area contributed by atoms with Crippen molar-refractivity contribution in [1.29, 1.82) is 0 Å². The summed E-state index contributed by atoms with van der Waals surface area (Å²) in [4.78, 5) is 14.3. The number of aromatic amines is 1. The minimum atomic E-state index is -0.335. The number of H-pyrrole nitrogens is 1. The molecule has 0 unspecified atom stereocenters. The van der Waals surface area contributed by atoms with Gasteiger partial charge in [-0.05, 0) is 42.0 Å². The number of hydrogen-bond donors (Lipinski definition) is 2. The molecule has 0 atom stereocenters. The van der Waals surface area contributed by atoms with Crippen LogP contribution in [0.1, 0.15) is 5.56 Å². The molecule has 0 saturated carbocycles. The summed E-state index contributed by atoms with van der Waals surface area (Å²) in [6.07, 6.45) is 0. The summed E-state index contributed by atoms with van der Waals surface area (Å²) < 4.78 is 13.4. The number of pyridine rings is 1. The van der Waals surface area contributed by atoms with Gasteiger partial charge in [0, 0.05) is 34.2 Å². The zero-order valence-electron chi connectivity index (χ0n) is 11.0. The first-order valence-electron chi connectivity index (χ1n) is 6.43. The van der Waals surface area contributed by atoms with Gasteiger partial charge in [-0.15, -0.1) is 0 Å². The Balaban J connectivity index is 1.96. The summed E-state index contributed by atoms with van der Waals surface area (Å²) in [5.41, 5.74) is 1.98. The van der Waals surface area contributed by atoms with Crippen LogP contribution in [0.25, 0.3) is 10.9 Å². The summed E-state index contributed by atoms with van der Waals surface area (Å²) in [5.74, 6) is -0.335. The Morgan fingerprint density at radius 3 is 2.81 bits per heavy atom. The summed E-state index contributed by atoms with van der Waals surface area (Å²) in [6.45, 7) is 0.407. The van der Waals surface area contributed by atoms with E-state index in [9.17, 15) is 9.18 Å². The van der Waals surface area contributed by atoms with Crippen LogP contribution in [-0.4, -0.2) is 4.98 Å². The van der Waals surface area contributed by atoms with Crippen LogP contribution in [0, 0.1) is 5.82 Å². The van der Waals surface area contributed by atoms with Crippen LogP contribution in [0.5, 0.6) is 0 Å². The molecule has 0 fully saturated rings. The zero-order valence-corrected chi connectivity index (χ0v) is 11.7. The molecule has 3 nitrogen and oxygen atoms in total. The van der Waals surface area contributed by atoms with Gasteiger partial charge in [0.2, 0.25) is 5.56 Å². The number of halogens is 2. The van der Waals surface area contributed by atoms with Crippen molar-refractivity contribution in [3.63, 3.8) is 0 Å². The predicted molar refractivity (Wildman–Crippen MR) is 83.3 cm³/mol. The third-order valence-electron chi connectivity index (χ3n) is 3.20. The fourth-order valence-electron chi connectivity index (χ4n) is 2.24. The summed E-state index contributed by atoms with van der Waals surface area (Å²) in [6, 6.07) is 13.1. The molecule has 0 bridgehead atoms. The number of rotatable bonds is 3. The first-order chi connectivity index (χ1) is 10.1. The molecule has 0 radical (unpaired) electrons. The Labute approximate surface area is 125 Å². The molecule has 0 spiro atoms. The lowest BCUT2D eigenvalue weighted by molar-refractivity contribution is 0.629. The predicted octanol–water partition coefficient (Wildman–Crippen LogP) is 3.93. The van der Waals surface area contributed by atoms with E-state index in [1.165, 1.54) is 18.2 Å². The van der Waals surface area contributed by atoms with E-state index < -0.39 is 0 Å². The standard InChI is InChI=1S/C16H12ClFN2O/c17-11-2-1-3-13(7-11)19-9-10-6-16(21)20-15-5-4-12(18)8-14(10)15/h1-8,19H,9H2,(H,20,21). The summed E-state index contributed by atoms with van der Waals surface area (Å²) >= 11 is 5.92. The van der Waals surface area contributed by atoms with Crippen molar-refractivity contribution in [2.75, 3.05) is 5.32 Å². The van der Waals surface area contributed by atoms with Crippen molar-refractivity contribution < 1.29 is 4.39 Å². The van der Waals surface area contributed by atoms with Gasteiger partial charge in [0.05, 0.1) is 0 Å². The molecule has 21 heavy (non-hydrogen) atoms. The maximum absolute atomic E-state index is 13.4. The van der Waals surface area contributed by atoms with Crippen LogP contribution in [0.4, 0.5) is 10.1 Å². The number of hydrogen-bond acceptors (Lipinski definition) is 2. The maximum atomic E-state index is 13.4. The molecule has 0 aliphatic carbocycles. The Bertz CT molecular complexity index is 860. The van der Waals surface area contributed by atoms with E-state index in [4.69, 9.17) is 11.6 Å². The van der Waals surface area contributed by atoms with E-state index in [2.05, 4.69) is 10.3 Å². The minimum absolute atomic E-state index is 0.211. The van der Waals surface area contributed by atoms with Gasteiger partial charge >= 0.3 is 0 Å². The molecule has 3 aromatic rings. The molecule has 0 aliphatic heterocycles. The fourth-order valence-corrected chi connectivity index (χ4v) is 2.43. The van der Waals surface area contributed by atoms with Gasteiger partial charge in [-0.1, -0.05) is 17.7 Å². The first kappa shape index (κ1) is 13.6. The van der Waals surface area contributed by atoms with Gasteiger partial charge in [-0.25, -0.2) is 4.39 Å². The molecule has 2 aromatic carbocycles. The van der Waals surface area contributed by atoms with Crippen LogP contribution >= 0.6 is 11.6 Å². The number of anilines is 1. The van der Waals surface area contributed by atoms with E-state index >= 15 is 0 Å². The molecule has 0 amide bonds. The average molecular weight is 303 g/mol. The lowest BCUT2D eigenvalue weighted by Crippen LogP contribution is -2.09. The number of nitrogens with one attached hydrogen (secondary N) is 2. The van der Waals surface area contributed by atoms with Crippen molar-refractivity contribution >= 4 is 28.2 Å². The Hall–Kier alpha value is -2.33. The van der Waals surface area contributed by atoms with E-state index in [1.54, 1.807) is 18.2 Å². The monoisotopic (exact) mass is 302 g/mol. The SMILES string of the molecule is O=c1cc(CNc2cccc(Cl)c2)c2cc(F)ccc2[nH]1. The van der Waals surface area contributed by atoms with Crippen molar-refractivity contribution in [1.82, 2.24) is 4.98 Å². The Morgan fingerprint density at radius 1 is 1.14 bits per heavy atom. The number of benzene rings is 2. The third-order valence-corrected chi connectivity index (χ3v) is 3.43. The normalized spacial score (nSPS) is 10.8. The van der Waals surface area contributed by atoms with Crippen molar-refractivity contribution in [2.45, 2.75) is 6.54 Å². The lowest BCUT2D eigenvalue weighted by Gasteiger charge is -2.09. The third kappa shape index (κ3) is 3.06. The molecule has 5 heteroatoms. The van der Waals surface area contributed by atoms with Crippen molar-refractivity contribution in [3.05, 3.63) is 75.3 Å². The maximum Gasteiger partial charge on any atom is 0.248 e. The Kier molecular flexibility index (Phi) is 3.62. The molecule has 2 N–H and O–H groups in total. The molecule has 3 rings (SSSR count). The largest absolute Gasteiger partial charge is 0.381 e. The van der Waals surface area contributed by atoms with Crippen LogP contribution < -0.4 is 10.9 Å². The van der Waals surface area contributed by atoms with E-state index in [0.717, 1.165) is 11.3 Å². The molecule has 1 aromatic heterocycles. The van der Waals surface area contributed by atoms with Crippen molar-refractivity contribution in [3.8, 4) is 0 Å². The van der Waals surface area contributed by atoms with Crippen LogP contribution in [0.15, 0.2) is 53.3 Å². The zero-order chi connectivity index (χ0) is 14.8. The highest BCUT2D eigenvalue weighted by molar-refractivity contribution is 6.30. The molecule has 106 valence electrons. The lowest BCUT2D eigenvalue weighted by atomic mass is 10.1. The highest BCUT2D eigenvalue weighted by Gasteiger charge is 2.05. The van der Waals surface area contributed by atoms with E-state index in [0.29, 0.717) is 22.5 Å². The average Bonchev–Trinajstić information content (AvgIpc) is 2.45. The molecule has 0 saturated heterocycles. The van der Waals surface area contributed by atoms with Gasteiger partial charge in [-0.2, -0.15) is 0 Å². The van der Waals surface area contributed by atoms with Crippen LogP contribution in [0.2, 0.25) is 5.02 Å². The van der Waals surface area contributed by atoms with Gasteiger partial charge < -0.3 is 10.3 Å². The second-order valence-electron chi connectivity index (χ2n) is 4.71. The fraction of sp³-hybridized carbons (Fsp3) is 0.0625. The molecular weight excluding hydrogens is 291 g/mol. The van der Waals surface area contributed by atoms with Gasteiger partial charge in [0.1, 0.15) is 5.82 Å². The van der Waals surface area contributed by atoms with E-state index in [1.807, 2.05) is 12.1 Å². The molecule has 0 aliphatic rings. The smallest absolute Gasteiger partial charge is 0.248 e. The number of fused-ring (bicyclic) bond motifs is 1. The second kappa shape index (κ2) is 5.58. The molecular formula is C16H12ClFN2O. The highest BCUT2D eigenvalue weighted by atomic mass is 35.5. The highest BCUT2D eigenvalue weighted by Crippen LogP contribution is 2.19. The molecule has 1 heterocycles. The van der Waals surface area contributed by atoms with Crippen LogP contribution in [-0.2, 0) is 6.54 Å². The number of aromatic nitrogens is 1. The van der Waals surface area contributed by atoms with Gasteiger partial charge in [0.25, 0.3) is 0 Å².